The van der Waals surface area contributed by atoms with Crippen LogP contribution in [0.2, 0.25) is 0 Å². The van der Waals surface area contributed by atoms with Gasteiger partial charge in [-0.05, 0) is 47.9 Å². The summed E-state index contributed by atoms with van der Waals surface area (Å²) in [6.07, 6.45) is 0.564. The van der Waals surface area contributed by atoms with Gasteiger partial charge >= 0.3 is 0 Å². The molecule has 0 N–H and O–H groups in total. The Labute approximate surface area is 150 Å². The van der Waals surface area contributed by atoms with Gasteiger partial charge in [0.25, 0.3) is 0 Å². The molecule has 0 saturated carbocycles. The van der Waals surface area contributed by atoms with E-state index in [0.29, 0.717) is 18.2 Å². The standard InChI is InChI=1S/C16H13Br2Cl2F/c17-13-3-1-2-12(7-13)16(9-19,10-20)8-11-6-14(21)4-5-15(11)18/h1-7H,8-10H2. The van der Waals surface area contributed by atoms with E-state index in [1.807, 2.05) is 24.3 Å². The first-order chi connectivity index (χ1) is 10.0. The van der Waals surface area contributed by atoms with Crippen molar-refractivity contribution < 1.29 is 4.39 Å². The van der Waals surface area contributed by atoms with Crippen LogP contribution < -0.4 is 0 Å². The zero-order valence-corrected chi connectivity index (χ0v) is 15.7. The summed E-state index contributed by atoms with van der Waals surface area (Å²) in [7, 11) is 0. The first-order valence-electron chi connectivity index (χ1n) is 6.33. The summed E-state index contributed by atoms with van der Waals surface area (Å²) >= 11 is 19.4. The third-order valence-electron chi connectivity index (χ3n) is 3.49. The molecule has 0 heterocycles. The van der Waals surface area contributed by atoms with Crippen LogP contribution in [0.25, 0.3) is 0 Å². The Kier molecular flexibility index (Phi) is 6.13. The van der Waals surface area contributed by atoms with Gasteiger partial charge in [0.2, 0.25) is 0 Å². The van der Waals surface area contributed by atoms with Crippen LogP contribution in [-0.4, -0.2) is 11.8 Å². The fourth-order valence-corrected chi connectivity index (χ4v) is 3.82. The van der Waals surface area contributed by atoms with Gasteiger partial charge in [0.05, 0.1) is 0 Å². The van der Waals surface area contributed by atoms with Gasteiger partial charge in [0, 0.05) is 26.1 Å². The number of halogens is 5. The lowest BCUT2D eigenvalue weighted by Gasteiger charge is -2.31. The lowest BCUT2D eigenvalue weighted by atomic mass is 9.79. The van der Waals surface area contributed by atoms with Gasteiger partial charge in [-0.25, -0.2) is 4.39 Å². The van der Waals surface area contributed by atoms with E-state index in [1.165, 1.54) is 12.1 Å². The molecule has 0 spiro atoms. The number of hydrogen-bond donors (Lipinski definition) is 0. The monoisotopic (exact) mass is 452 g/mol. The Balaban J connectivity index is 2.45. The highest BCUT2D eigenvalue weighted by atomic mass is 79.9. The van der Waals surface area contributed by atoms with E-state index in [1.54, 1.807) is 6.07 Å². The molecule has 0 bridgehead atoms. The maximum Gasteiger partial charge on any atom is 0.123 e. The Bertz CT molecular complexity index is 627. The molecule has 2 rings (SSSR count). The highest BCUT2D eigenvalue weighted by Gasteiger charge is 2.32. The van der Waals surface area contributed by atoms with Crippen LogP contribution in [0.5, 0.6) is 0 Å². The zero-order valence-electron chi connectivity index (χ0n) is 11.1. The lowest BCUT2D eigenvalue weighted by Crippen LogP contribution is -2.33. The minimum absolute atomic E-state index is 0.263. The largest absolute Gasteiger partial charge is 0.207 e. The third kappa shape index (κ3) is 4.01. The van der Waals surface area contributed by atoms with Crippen LogP contribution in [-0.2, 0) is 11.8 Å². The summed E-state index contributed by atoms with van der Waals surface area (Å²) in [4.78, 5) is 0. The summed E-state index contributed by atoms with van der Waals surface area (Å²) < 4.78 is 15.3. The van der Waals surface area contributed by atoms with Crippen molar-refractivity contribution in [3.8, 4) is 0 Å². The molecule has 0 aliphatic carbocycles. The predicted octanol–water partition coefficient (Wildman–Crippen LogP) is 6.31. The van der Waals surface area contributed by atoms with Crippen LogP contribution in [0.3, 0.4) is 0 Å². The van der Waals surface area contributed by atoms with Gasteiger partial charge in [-0.3, -0.25) is 0 Å². The van der Waals surface area contributed by atoms with Crippen molar-refractivity contribution in [1.29, 1.82) is 0 Å². The zero-order chi connectivity index (χ0) is 15.5. The molecule has 0 saturated heterocycles. The topological polar surface area (TPSA) is 0 Å². The van der Waals surface area contributed by atoms with Crippen LogP contribution in [0.15, 0.2) is 51.4 Å². The SMILES string of the molecule is Fc1ccc(Br)c(CC(CCl)(CCl)c2cccc(Br)c2)c1. The second-order valence-electron chi connectivity index (χ2n) is 4.97. The fraction of sp³-hybridized carbons (Fsp3) is 0.250. The Morgan fingerprint density at radius 1 is 1.00 bits per heavy atom. The molecule has 0 aliphatic rings. The van der Waals surface area contributed by atoms with Gasteiger partial charge in [-0.1, -0.05) is 44.0 Å². The Morgan fingerprint density at radius 2 is 1.71 bits per heavy atom. The van der Waals surface area contributed by atoms with E-state index < -0.39 is 5.41 Å². The Hall–Kier alpha value is -0.0900. The summed E-state index contributed by atoms with van der Waals surface area (Å²) in [5.41, 5.74) is 1.46. The third-order valence-corrected chi connectivity index (χ3v) is 5.78. The van der Waals surface area contributed by atoms with Crippen LogP contribution >= 0.6 is 55.1 Å². The maximum atomic E-state index is 13.5. The summed E-state index contributed by atoms with van der Waals surface area (Å²) in [5, 5.41) is 0. The van der Waals surface area contributed by atoms with E-state index in [4.69, 9.17) is 23.2 Å². The molecule has 0 aromatic heterocycles. The van der Waals surface area contributed by atoms with Crippen molar-refractivity contribution >= 4 is 55.1 Å². The van der Waals surface area contributed by atoms with Crippen molar-refractivity contribution in [3.63, 3.8) is 0 Å². The molecular formula is C16H13Br2Cl2F. The highest BCUT2D eigenvalue weighted by Crippen LogP contribution is 2.35. The van der Waals surface area contributed by atoms with E-state index >= 15 is 0 Å². The van der Waals surface area contributed by atoms with Crippen LogP contribution in [0.4, 0.5) is 4.39 Å². The molecule has 0 aliphatic heterocycles. The van der Waals surface area contributed by atoms with Crippen molar-refractivity contribution in [1.82, 2.24) is 0 Å². The molecule has 0 fully saturated rings. The molecule has 21 heavy (non-hydrogen) atoms. The van der Waals surface area contributed by atoms with Gasteiger partial charge in [0.15, 0.2) is 0 Å². The van der Waals surface area contributed by atoms with Crippen molar-refractivity contribution in [2.75, 3.05) is 11.8 Å². The maximum absolute atomic E-state index is 13.5. The van der Waals surface area contributed by atoms with Crippen LogP contribution in [0, 0.1) is 5.82 Å². The van der Waals surface area contributed by atoms with E-state index in [0.717, 1.165) is 20.1 Å². The highest BCUT2D eigenvalue weighted by molar-refractivity contribution is 9.10. The average molecular weight is 455 g/mol. The van der Waals surface area contributed by atoms with Crippen LogP contribution in [0.1, 0.15) is 11.1 Å². The predicted molar refractivity (Wildman–Crippen MR) is 95.1 cm³/mol. The molecule has 2 aromatic carbocycles. The molecule has 2 aromatic rings. The summed E-state index contributed by atoms with van der Waals surface area (Å²) in [6, 6.07) is 12.6. The molecule has 5 heteroatoms. The van der Waals surface area contributed by atoms with Gasteiger partial charge in [-0.2, -0.15) is 0 Å². The molecule has 0 nitrogen and oxygen atoms in total. The first kappa shape index (κ1) is 17.3. The number of benzene rings is 2. The second kappa shape index (κ2) is 7.45. The van der Waals surface area contributed by atoms with Gasteiger partial charge in [0.1, 0.15) is 5.82 Å². The first-order valence-corrected chi connectivity index (χ1v) is 8.98. The quantitative estimate of drug-likeness (QED) is 0.464. The minimum atomic E-state index is -0.441. The summed E-state index contributed by atoms with van der Waals surface area (Å²) in [6.45, 7) is 0. The van der Waals surface area contributed by atoms with E-state index in [-0.39, 0.29) is 5.82 Å². The molecule has 112 valence electrons. The molecule has 0 radical (unpaired) electrons. The van der Waals surface area contributed by atoms with Crippen molar-refractivity contribution in [2.45, 2.75) is 11.8 Å². The minimum Gasteiger partial charge on any atom is -0.207 e. The van der Waals surface area contributed by atoms with Gasteiger partial charge < -0.3 is 0 Å². The van der Waals surface area contributed by atoms with Crippen molar-refractivity contribution in [3.05, 3.63) is 68.4 Å². The number of alkyl halides is 2. The Morgan fingerprint density at radius 3 is 2.33 bits per heavy atom. The number of hydrogen-bond acceptors (Lipinski definition) is 0. The lowest BCUT2D eigenvalue weighted by molar-refractivity contribution is 0.531. The second-order valence-corrected chi connectivity index (χ2v) is 7.27. The van der Waals surface area contributed by atoms with E-state index in [2.05, 4.69) is 31.9 Å². The molecule has 0 unspecified atom stereocenters. The van der Waals surface area contributed by atoms with Crippen molar-refractivity contribution in [2.24, 2.45) is 0 Å². The fourth-order valence-electron chi connectivity index (χ4n) is 2.25. The molecule has 0 atom stereocenters. The molecular weight excluding hydrogens is 442 g/mol. The van der Waals surface area contributed by atoms with Gasteiger partial charge in [-0.15, -0.1) is 23.2 Å². The normalized spacial score (nSPS) is 11.7. The smallest absolute Gasteiger partial charge is 0.123 e. The molecule has 0 amide bonds. The summed E-state index contributed by atoms with van der Waals surface area (Å²) in [5.74, 6) is 0.451. The average Bonchev–Trinajstić information content (AvgIpc) is 2.48. The van der Waals surface area contributed by atoms with E-state index in [9.17, 15) is 4.39 Å². The number of rotatable bonds is 5.